The Morgan fingerprint density at radius 2 is 1.67 bits per heavy atom. The van der Waals surface area contributed by atoms with E-state index in [0.717, 1.165) is 12.8 Å². The van der Waals surface area contributed by atoms with E-state index >= 15 is 0 Å². The zero-order valence-corrected chi connectivity index (χ0v) is 12.1. The van der Waals surface area contributed by atoms with Crippen LogP contribution in [0.3, 0.4) is 0 Å². The van der Waals surface area contributed by atoms with Gasteiger partial charge in [-0.1, -0.05) is 48.5 Å². The molecule has 3 N–H and O–H groups in total. The van der Waals surface area contributed by atoms with E-state index in [1.54, 1.807) is 18.2 Å². The van der Waals surface area contributed by atoms with Gasteiger partial charge in [0.25, 0.3) is 0 Å². The molecule has 2 aromatic rings. The number of rotatable bonds is 7. The van der Waals surface area contributed by atoms with Crippen LogP contribution in [0.1, 0.15) is 24.0 Å². The Bertz CT molecular complexity index is 552. The lowest BCUT2D eigenvalue weighted by Gasteiger charge is -2.31. The third-order valence-electron chi connectivity index (χ3n) is 4.10. The van der Waals surface area contributed by atoms with Gasteiger partial charge in [0.1, 0.15) is 5.82 Å². The van der Waals surface area contributed by atoms with E-state index in [1.807, 2.05) is 18.2 Å². The van der Waals surface area contributed by atoms with E-state index in [2.05, 4.69) is 12.1 Å². The van der Waals surface area contributed by atoms with Gasteiger partial charge in [-0.15, -0.1) is 0 Å². The van der Waals surface area contributed by atoms with Gasteiger partial charge in [-0.2, -0.15) is 0 Å². The van der Waals surface area contributed by atoms with Crippen LogP contribution in [0.25, 0.3) is 0 Å². The van der Waals surface area contributed by atoms with Crippen molar-refractivity contribution >= 4 is 0 Å². The molecule has 3 heteroatoms. The van der Waals surface area contributed by atoms with Gasteiger partial charge in [-0.25, -0.2) is 4.39 Å². The van der Waals surface area contributed by atoms with Crippen LogP contribution in [0.4, 0.5) is 4.39 Å². The zero-order valence-electron chi connectivity index (χ0n) is 12.1. The Hall–Kier alpha value is -1.71. The van der Waals surface area contributed by atoms with Gasteiger partial charge in [-0.05, 0) is 36.5 Å². The Balaban J connectivity index is 2.10. The molecule has 0 aliphatic rings. The molecular formula is C18H22FNO. The number of aliphatic hydroxyl groups is 1. The minimum Gasteiger partial charge on any atom is -0.395 e. The fourth-order valence-corrected chi connectivity index (χ4v) is 2.74. The Morgan fingerprint density at radius 3 is 2.29 bits per heavy atom. The highest BCUT2D eigenvalue weighted by molar-refractivity contribution is 5.28. The molecule has 0 fully saturated rings. The van der Waals surface area contributed by atoms with E-state index in [9.17, 15) is 9.50 Å². The zero-order chi connectivity index (χ0) is 15.1. The molecule has 1 atom stereocenters. The lowest BCUT2D eigenvalue weighted by molar-refractivity contribution is 0.182. The molecule has 21 heavy (non-hydrogen) atoms. The van der Waals surface area contributed by atoms with Crippen molar-refractivity contribution < 1.29 is 9.50 Å². The first-order valence-corrected chi connectivity index (χ1v) is 7.32. The molecule has 0 radical (unpaired) electrons. The molecule has 0 spiro atoms. The van der Waals surface area contributed by atoms with E-state index in [1.165, 1.54) is 11.6 Å². The van der Waals surface area contributed by atoms with Gasteiger partial charge in [0, 0.05) is 12.0 Å². The largest absolute Gasteiger partial charge is 0.395 e. The number of hydrogen-bond acceptors (Lipinski definition) is 2. The summed E-state index contributed by atoms with van der Waals surface area (Å²) >= 11 is 0. The number of hydrogen-bond donors (Lipinski definition) is 2. The van der Waals surface area contributed by atoms with Crippen molar-refractivity contribution in [1.82, 2.24) is 0 Å². The van der Waals surface area contributed by atoms with Crippen LogP contribution >= 0.6 is 0 Å². The first-order valence-electron chi connectivity index (χ1n) is 7.32. The number of nitrogens with two attached hydrogens (primary N) is 1. The molecule has 2 nitrogen and oxygen atoms in total. The summed E-state index contributed by atoms with van der Waals surface area (Å²) in [6.45, 7) is 0.0957. The maximum absolute atomic E-state index is 14.0. The average Bonchev–Trinajstić information content (AvgIpc) is 2.54. The normalized spacial score (nSPS) is 13.9. The SMILES string of the molecule is NCC(CO)(CCCc1ccccc1)c1ccccc1F. The number of aliphatic hydroxyl groups excluding tert-OH is 1. The molecule has 0 aliphatic carbocycles. The van der Waals surface area contributed by atoms with Gasteiger partial charge in [-0.3, -0.25) is 0 Å². The van der Waals surface area contributed by atoms with Gasteiger partial charge < -0.3 is 10.8 Å². The summed E-state index contributed by atoms with van der Waals surface area (Å²) in [6, 6.07) is 16.7. The number of aryl methyl sites for hydroxylation is 1. The van der Waals surface area contributed by atoms with Crippen molar-refractivity contribution in [3.05, 3.63) is 71.5 Å². The third kappa shape index (κ3) is 3.69. The highest BCUT2D eigenvalue weighted by Gasteiger charge is 2.32. The number of halogens is 1. The summed E-state index contributed by atoms with van der Waals surface area (Å²) in [5, 5.41) is 9.80. The fourth-order valence-electron chi connectivity index (χ4n) is 2.74. The van der Waals surface area contributed by atoms with Gasteiger partial charge in [0.2, 0.25) is 0 Å². The van der Waals surface area contributed by atoms with Crippen molar-refractivity contribution in [2.75, 3.05) is 13.2 Å². The highest BCUT2D eigenvalue weighted by atomic mass is 19.1. The van der Waals surface area contributed by atoms with Crippen LogP contribution in [0.15, 0.2) is 54.6 Å². The molecule has 0 saturated heterocycles. The second kappa shape index (κ2) is 7.34. The van der Waals surface area contributed by atoms with Crippen molar-refractivity contribution in [2.45, 2.75) is 24.7 Å². The second-order valence-corrected chi connectivity index (χ2v) is 5.46. The maximum Gasteiger partial charge on any atom is 0.127 e. The molecule has 1 unspecified atom stereocenters. The van der Waals surface area contributed by atoms with E-state index in [4.69, 9.17) is 5.73 Å². The summed E-state index contributed by atoms with van der Waals surface area (Å²) in [6.07, 6.45) is 2.42. The average molecular weight is 287 g/mol. The minimum absolute atomic E-state index is 0.140. The lowest BCUT2D eigenvalue weighted by atomic mass is 9.76. The molecule has 2 aromatic carbocycles. The van der Waals surface area contributed by atoms with Gasteiger partial charge in [0.15, 0.2) is 0 Å². The number of benzene rings is 2. The summed E-state index contributed by atoms with van der Waals surface area (Å²) in [7, 11) is 0. The molecule has 0 aromatic heterocycles. The van der Waals surface area contributed by atoms with Crippen molar-refractivity contribution in [3.63, 3.8) is 0 Å². The van der Waals surface area contributed by atoms with Crippen LogP contribution in [0, 0.1) is 5.82 Å². The van der Waals surface area contributed by atoms with E-state index in [-0.39, 0.29) is 19.0 Å². The van der Waals surface area contributed by atoms with Crippen LogP contribution in [0.5, 0.6) is 0 Å². The first kappa shape index (κ1) is 15.7. The molecular weight excluding hydrogens is 265 g/mol. The fraction of sp³-hybridized carbons (Fsp3) is 0.333. The smallest absolute Gasteiger partial charge is 0.127 e. The van der Waals surface area contributed by atoms with Crippen LogP contribution in [-0.2, 0) is 11.8 Å². The topological polar surface area (TPSA) is 46.2 Å². The molecule has 112 valence electrons. The molecule has 0 aliphatic heterocycles. The quantitative estimate of drug-likeness (QED) is 0.822. The molecule has 0 heterocycles. The summed E-state index contributed by atoms with van der Waals surface area (Å²) in [5.41, 5.74) is 6.94. The minimum atomic E-state index is -0.694. The predicted octanol–water partition coefficient (Wildman–Crippen LogP) is 3.04. The Morgan fingerprint density at radius 1 is 1.00 bits per heavy atom. The van der Waals surface area contributed by atoms with Crippen molar-refractivity contribution in [3.8, 4) is 0 Å². The van der Waals surface area contributed by atoms with Gasteiger partial charge in [0.05, 0.1) is 6.61 Å². The standard InChI is InChI=1S/C18H22FNO/c19-17-11-5-4-10-16(17)18(13-20,14-21)12-6-9-15-7-2-1-3-8-15/h1-5,7-8,10-11,21H,6,9,12-14,20H2. The highest BCUT2D eigenvalue weighted by Crippen LogP contribution is 2.30. The summed E-state index contributed by atoms with van der Waals surface area (Å²) in [5.74, 6) is -0.295. The second-order valence-electron chi connectivity index (χ2n) is 5.46. The first-order chi connectivity index (χ1) is 10.2. The van der Waals surface area contributed by atoms with Crippen molar-refractivity contribution in [1.29, 1.82) is 0 Å². The molecule has 2 rings (SSSR count). The summed E-state index contributed by atoms with van der Waals surface area (Å²) in [4.78, 5) is 0. The van der Waals surface area contributed by atoms with Crippen LogP contribution in [0.2, 0.25) is 0 Å². The predicted molar refractivity (Wildman–Crippen MR) is 83.6 cm³/mol. The van der Waals surface area contributed by atoms with E-state index in [0.29, 0.717) is 12.0 Å². The molecule has 0 saturated carbocycles. The molecule has 0 amide bonds. The maximum atomic E-state index is 14.0. The van der Waals surface area contributed by atoms with E-state index < -0.39 is 5.41 Å². The van der Waals surface area contributed by atoms with Crippen molar-refractivity contribution in [2.24, 2.45) is 5.73 Å². The monoisotopic (exact) mass is 287 g/mol. The lowest BCUT2D eigenvalue weighted by Crippen LogP contribution is -2.39. The summed E-state index contributed by atoms with van der Waals surface area (Å²) < 4.78 is 14.0. The Kier molecular flexibility index (Phi) is 5.48. The van der Waals surface area contributed by atoms with Crippen LogP contribution < -0.4 is 5.73 Å². The van der Waals surface area contributed by atoms with Gasteiger partial charge >= 0.3 is 0 Å². The van der Waals surface area contributed by atoms with Crippen LogP contribution in [-0.4, -0.2) is 18.3 Å². The molecule has 0 bridgehead atoms. The third-order valence-corrected chi connectivity index (χ3v) is 4.10. The Labute approximate surface area is 125 Å².